The van der Waals surface area contributed by atoms with Gasteiger partial charge in [0.15, 0.2) is 15.7 Å². The van der Waals surface area contributed by atoms with Crippen LogP contribution in [-0.2, 0) is 14.6 Å². The van der Waals surface area contributed by atoms with Crippen LogP contribution >= 0.6 is 11.8 Å². The molecule has 1 aromatic carbocycles. The Kier molecular flexibility index (Phi) is 5.33. The Bertz CT molecular complexity index is 916. The molecule has 1 N–H and O–H groups in total. The minimum Gasteiger partial charge on any atom is -0.341 e. The molecule has 7 nitrogen and oxygen atoms in total. The molecule has 1 aromatic heterocycles. The summed E-state index contributed by atoms with van der Waals surface area (Å²) in [5.74, 6) is -0.185. The van der Waals surface area contributed by atoms with E-state index in [4.69, 9.17) is 0 Å². The first-order chi connectivity index (χ1) is 12.3. The van der Waals surface area contributed by atoms with Gasteiger partial charge < -0.3 is 4.90 Å². The van der Waals surface area contributed by atoms with Crippen molar-refractivity contribution < 1.29 is 17.6 Å². The lowest BCUT2D eigenvalue weighted by molar-refractivity contribution is -0.130. The maximum atomic E-state index is 13.8. The second-order valence-corrected chi connectivity index (χ2v) is 9.75. The molecule has 2 atom stereocenters. The van der Waals surface area contributed by atoms with Gasteiger partial charge in [-0.25, -0.2) is 17.8 Å². The third-order valence-corrected chi connectivity index (χ3v) is 7.03. The fourth-order valence-corrected chi connectivity index (χ4v) is 5.43. The third-order valence-electron chi connectivity index (χ3n) is 4.33. The first kappa shape index (κ1) is 18.8. The fraction of sp³-hybridized carbons (Fsp3) is 0.438. The lowest BCUT2D eigenvalue weighted by Gasteiger charge is -2.25. The highest BCUT2D eigenvalue weighted by molar-refractivity contribution is 8.00. The van der Waals surface area contributed by atoms with Gasteiger partial charge in [0.25, 0.3) is 0 Å². The number of hydrogen-bond acceptors (Lipinski definition) is 6. The van der Waals surface area contributed by atoms with Crippen molar-refractivity contribution in [3.05, 3.63) is 30.1 Å². The summed E-state index contributed by atoms with van der Waals surface area (Å²) in [7, 11) is -1.44. The monoisotopic (exact) mass is 398 g/mol. The molecule has 10 heteroatoms. The van der Waals surface area contributed by atoms with Crippen molar-refractivity contribution in [3.63, 3.8) is 0 Å². The lowest BCUT2D eigenvalue weighted by atomic mass is 10.2. The van der Waals surface area contributed by atoms with Gasteiger partial charge in [-0.05, 0) is 25.5 Å². The highest BCUT2D eigenvalue weighted by atomic mass is 32.2. The Labute approximate surface area is 155 Å². The van der Waals surface area contributed by atoms with Crippen LogP contribution in [0.15, 0.2) is 29.4 Å². The van der Waals surface area contributed by atoms with Gasteiger partial charge in [-0.3, -0.25) is 9.89 Å². The van der Waals surface area contributed by atoms with Crippen molar-refractivity contribution in [3.8, 4) is 11.4 Å². The number of aromatic nitrogens is 3. The van der Waals surface area contributed by atoms with E-state index in [2.05, 4.69) is 15.2 Å². The standard InChI is InChI=1S/C16H19FN4O3S2/c1-10(15(22)21(2)11-7-8-26(23,24)9-11)25-16-18-14(19-20-16)12-5-3-4-6-13(12)17/h3-6,10-11H,7-9H2,1-2H3,(H,18,19,20)/t10-,11-/m1/s1. The number of amides is 1. The van der Waals surface area contributed by atoms with E-state index in [9.17, 15) is 17.6 Å². The van der Waals surface area contributed by atoms with E-state index < -0.39 is 20.9 Å². The van der Waals surface area contributed by atoms with Crippen LogP contribution < -0.4 is 0 Å². The van der Waals surface area contributed by atoms with Gasteiger partial charge in [-0.15, -0.1) is 5.10 Å². The van der Waals surface area contributed by atoms with E-state index in [1.54, 1.807) is 32.2 Å². The Hall–Kier alpha value is -1.94. The van der Waals surface area contributed by atoms with E-state index in [-0.39, 0.29) is 23.5 Å². The molecule has 1 aliphatic heterocycles. The Morgan fingerprint density at radius 3 is 2.81 bits per heavy atom. The second kappa shape index (κ2) is 7.36. The molecule has 0 aliphatic carbocycles. The number of halogens is 1. The molecule has 1 aliphatic rings. The highest BCUT2D eigenvalue weighted by Crippen LogP contribution is 2.26. The molecule has 1 fully saturated rings. The normalized spacial score (nSPS) is 20.0. The summed E-state index contributed by atoms with van der Waals surface area (Å²) < 4.78 is 37.0. The molecular weight excluding hydrogens is 379 g/mol. The summed E-state index contributed by atoms with van der Waals surface area (Å²) in [6, 6.07) is 5.92. The highest BCUT2D eigenvalue weighted by Gasteiger charge is 2.34. The molecule has 3 rings (SSSR count). The zero-order valence-electron chi connectivity index (χ0n) is 14.3. The van der Waals surface area contributed by atoms with E-state index in [1.165, 1.54) is 11.0 Å². The minimum atomic E-state index is -3.06. The number of aromatic amines is 1. The molecule has 140 valence electrons. The van der Waals surface area contributed by atoms with Crippen LogP contribution in [0, 0.1) is 5.82 Å². The summed E-state index contributed by atoms with van der Waals surface area (Å²) in [5.41, 5.74) is 0.305. The number of nitrogens with one attached hydrogen (secondary N) is 1. The maximum Gasteiger partial charge on any atom is 0.235 e. The number of thioether (sulfide) groups is 1. The first-order valence-corrected chi connectivity index (χ1v) is 10.8. The number of carbonyl (C=O) groups is 1. The molecular formula is C16H19FN4O3S2. The van der Waals surface area contributed by atoms with Crippen LogP contribution in [0.2, 0.25) is 0 Å². The van der Waals surface area contributed by atoms with E-state index in [0.29, 0.717) is 23.0 Å². The number of sulfone groups is 1. The zero-order valence-corrected chi connectivity index (χ0v) is 16.0. The Morgan fingerprint density at radius 1 is 1.42 bits per heavy atom. The predicted octanol–water partition coefficient (Wildman–Crippen LogP) is 1.74. The molecule has 0 unspecified atom stereocenters. The number of rotatable bonds is 5. The average Bonchev–Trinajstić information content (AvgIpc) is 3.20. The smallest absolute Gasteiger partial charge is 0.235 e. The number of benzene rings is 1. The molecule has 0 spiro atoms. The predicted molar refractivity (Wildman–Crippen MR) is 96.9 cm³/mol. The van der Waals surface area contributed by atoms with Gasteiger partial charge in [0.1, 0.15) is 5.82 Å². The fourth-order valence-electron chi connectivity index (χ4n) is 2.83. The molecule has 26 heavy (non-hydrogen) atoms. The molecule has 0 bridgehead atoms. The lowest BCUT2D eigenvalue weighted by Crippen LogP contribution is -2.41. The topological polar surface area (TPSA) is 96.0 Å². The number of nitrogens with zero attached hydrogens (tertiary/aromatic N) is 3. The Morgan fingerprint density at radius 2 is 2.15 bits per heavy atom. The number of H-pyrrole nitrogens is 1. The van der Waals surface area contributed by atoms with Crippen molar-refractivity contribution in [2.45, 2.75) is 29.8 Å². The van der Waals surface area contributed by atoms with Crippen molar-refractivity contribution in [1.29, 1.82) is 0 Å². The van der Waals surface area contributed by atoms with Gasteiger partial charge in [-0.2, -0.15) is 0 Å². The SMILES string of the molecule is C[C@@H](Sc1n[nH]c(-c2ccccc2F)n1)C(=O)N(C)[C@@H]1CCS(=O)(=O)C1. The molecule has 2 heterocycles. The van der Waals surface area contributed by atoms with Crippen LogP contribution in [-0.4, -0.2) is 64.3 Å². The molecule has 1 saturated heterocycles. The van der Waals surface area contributed by atoms with Crippen molar-refractivity contribution in [2.75, 3.05) is 18.6 Å². The van der Waals surface area contributed by atoms with E-state index in [0.717, 1.165) is 11.8 Å². The summed E-state index contributed by atoms with van der Waals surface area (Å²) in [5, 5.41) is 6.54. The summed E-state index contributed by atoms with van der Waals surface area (Å²) in [4.78, 5) is 18.3. The van der Waals surface area contributed by atoms with Crippen molar-refractivity contribution in [2.24, 2.45) is 0 Å². The molecule has 0 radical (unpaired) electrons. The van der Waals surface area contributed by atoms with Crippen molar-refractivity contribution >= 4 is 27.5 Å². The van der Waals surface area contributed by atoms with Gasteiger partial charge in [0.2, 0.25) is 11.1 Å². The molecule has 2 aromatic rings. The van der Waals surface area contributed by atoms with E-state index in [1.807, 2.05) is 0 Å². The quantitative estimate of drug-likeness (QED) is 0.771. The largest absolute Gasteiger partial charge is 0.341 e. The minimum absolute atomic E-state index is 0.00468. The Balaban J connectivity index is 1.66. The van der Waals surface area contributed by atoms with Gasteiger partial charge in [0.05, 0.1) is 22.3 Å². The van der Waals surface area contributed by atoms with Gasteiger partial charge in [-0.1, -0.05) is 23.9 Å². The first-order valence-electron chi connectivity index (χ1n) is 8.08. The van der Waals surface area contributed by atoms with Crippen LogP contribution in [0.5, 0.6) is 0 Å². The summed E-state index contributed by atoms with van der Waals surface area (Å²) in [6.07, 6.45) is 0.458. The van der Waals surface area contributed by atoms with Crippen LogP contribution in [0.25, 0.3) is 11.4 Å². The second-order valence-electron chi connectivity index (χ2n) is 6.21. The zero-order chi connectivity index (χ0) is 18.9. The van der Waals surface area contributed by atoms with Crippen LogP contribution in [0.4, 0.5) is 4.39 Å². The number of carbonyl (C=O) groups excluding carboxylic acids is 1. The summed E-state index contributed by atoms with van der Waals surface area (Å²) in [6.45, 7) is 1.71. The van der Waals surface area contributed by atoms with E-state index >= 15 is 0 Å². The van der Waals surface area contributed by atoms with Gasteiger partial charge in [0, 0.05) is 13.1 Å². The third kappa shape index (κ3) is 4.07. The van der Waals surface area contributed by atoms with Crippen LogP contribution in [0.3, 0.4) is 0 Å². The summed E-state index contributed by atoms with van der Waals surface area (Å²) >= 11 is 1.14. The van der Waals surface area contributed by atoms with Crippen molar-refractivity contribution in [1.82, 2.24) is 20.1 Å². The van der Waals surface area contributed by atoms with Gasteiger partial charge >= 0.3 is 0 Å². The van der Waals surface area contributed by atoms with Crippen LogP contribution in [0.1, 0.15) is 13.3 Å². The number of hydrogen-bond donors (Lipinski definition) is 1. The molecule has 0 saturated carbocycles. The maximum absolute atomic E-state index is 13.8. The molecule has 1 amide bonds. The average molecular weight is 398 g/mol.